The van der Waals surface area contributed by atoms with Crippen LogP contribution in [0.2, 0.25) is 0 Å². The van der Waals surface area contributed by atoms with Crippen molar-refractivity contribution < 1.29 is 19.1 Å². The topological polar surface area (TPSA) is 103 Å². The van der Waals surface area contributed by atoms with Crippen LogP contribution < -0.4 is 16.4 Å². The van der Waals surface area contributed by atoms with Crippen LogP contribution in [-0.2, 0) is 14.3 Å². The summed E-state index contributed by atoms with van der Waals surface area (Å²) in [5.41, 5.74) is 6.84. The molecule has 26 heavy (non-hydrogen) atoms. The minimum Gasteiger partial charge on any atom is -0.378 e. The van der Waals surface area contributed by atoms with Crippen LogP contribution in [0.3, 0.4) is 0 Å². The van der Waals surface area contributed by atoms with Gasteiger partial charge in [0.25, 0.3) is 11.8 Å². The number of amides is 2. The molecule has 1 aromatic rings. The molecule has 0 atom stereocenters. The number of nitrogens with two attached hydrogens (primary N) is 1. The summed E-state index contributed by atoms with van der Waals surface area (Å²) in [5, 5.41) is 5.50. The molecule has 4 N–H and O–H groups in total. The van der Waals surface area contributed by atoms with Gasteiger partial charge in [-0.3, -0.25) is 9.59 Å². The van der Waals surface area contributed by atoms with Crippen molar-refractivity contribution in [2.75, 3.05) is 44.8 Å². The third-order valence-electron chi connectivity index (χ3n) is 3.27. The van der Waals surface area contributed by atoms with Gasteiger partial charge in [0.05, 0.1) is 26.4 Å². The van der Waals surface area contributed by atoms with Crippen LogP contribution >= 0.6 is 0 Å². The molecule has 0 aliphatic carbocycles. The van der Waals surface area contributed by atoms with Crippen LogP contribution in [0, 0.1) is 0 Å². The molecule has 0 bridgehead atoms. The smallest absolute Gasteiger partial charge is 0.251 e. The lowest BCUT2D eigenvalue weighted by Gasteiger charge is -2.09. The van der Waals surface area contributed by atoms with Gasteiger partial charge in [0.15, 0.2) is 0 Å². The van der Waals surface area contributed by atoms with Crippen molar-refractivity contribution in [3.8, 4) is 0 Å². The van der Waals surface area contributed by atoms with E-state index in [1.807, 2.05) is 0 Å². The van der Waals surface area contributed by atoms with Crippen molar-refractivity contribution in [1.29, 1.82) is 0 Å². The first-order valence-corrected chi connectivity index (χ1v) is 8.43. The predicted molar refractivity (Wildman–Crippen MR) is 102 cm³/mol. The molecule has 1 rings (SSSR count). The van der Waals surface area contributed by atoms with Gasteiger partial charge >= 0.3 is 0 Å². The molecule has 0 unspecified atom stereocenters. The highest BCUT2D eigenvalue weighted by Gasteiger charge is 2.08. The van der Waals surface area contributed by atoms with Crippen molar-refractivity contribution in [2.45, 2.75) is 6.92 Å². The van der Waals surface area contributed by atoms with Gasteiger partial charge < -0.3 is 25.8 Å². The number of rotatable bonds is 12. The van der Waals surface area contributed by atoms with Crippen LogP contribution in [0.5, 0.6) is 0 Å². The number of anilines is 1. The van der Waals surface area contributed by atoms with E-state index in [2.05, 4.69) is 17.2 Å². The maximum Gasteiger partial charge on any atom is 0.251 e. The molecule has 142 valence electrons. The van der Waals surface area contributed by atoms with Crippen LogP contribution in [-0.4, -0.2) is 51.3 Å². The van der Waals surface area contributed by atoms with E-state index >= 15 is 0 Å². The second kappa shape index (κ2) is 12.8. The second-order valence-electron chi connectivity index (χ2n) is 5.39. The fraction of sp³-hybridized carbons (Fsp3) is 0.368. The Morgan fingerprint density at radius 2 is 1.92 bits per heavy atom. The Morgan fingerprint density at radius 1 is 1.19 bits per heavy atom. The van der Waals surface area contributed by atoms with Crippen molar-refractivity contribution in [1.82, 2.24) is 5.32 Å². The highest BCUT2D eigenvalue weighted by molar-refractivity contribution is 6.04. The number of ether oxygens (including phenoxy) is 2. The second-order valence-corrected chi connectivity index (χ2v) is 5.39. The number of nitrogens with one attached hydrogen (secondary N) is 2. The molecule has 2 amide bonds. The molecular weight excluding hydrogens is 334 g/mol. The van der Waals surface area contributed by atoms with Crippen molar-refractivity contribution >= 4 is 17.5 Å². The van der Waals surface area contributed by atoms with Crippen molar-refractivity contribution in [3.05, 3.63) is 54.1 Å². The zero-order valence-corrected chi connectivity index (χ0v) is 15.1. The van der Waals surface area contributed by atoms with Crippen LogP contribution in [0.15, 0.2) is 48.6 Å². The molecule has 7 heteroatoms. The van der Waals surface area contributed by atoms with Gasteiger partial charge in [-0.05, 0) is 25.1 Å². The first kappa shape index (κ1) is 21.6. The van der Waals surface area contributed by atoms with Crippen LogP contribution in [0.1, 0.15) is 17.3 Å². The van der Waals surface area contributed by atoms with Gasteiger partial charge in [0.1, 0.15) is 0 Å². The minimum atomic E-state index is -0.243. The standard InChI is InChI=1S/C19H27N3O4/c1-3-5-15(2)18(23)22-17-7-4-6-16(14-17)19(24)21-9-11-26-13-12-25-10-8-20/h3-7,14H,1,8-13,20H2,2H3,(H,21,24)(H,22,23). The average molecular weight is 361 g/mol. The fourth-order valence-corrected chi connectivity index (χ4v) is 1.96. The van der Waals surface area contributed by atoms with Crippen LogP contribution in [0.4, 0.5) is 5.69 Å². The van der Waals surface area contributed by atoms with Crippen molar-refractivity contribution in [3.63, 3.8) is 0 Å². The number of hydrogen-bond acceptors (Lipinski definition) is 5. The molecule has 0 saturated carbocycles. The molecule has 0 fully saturated rings. The molecule has 0 aromatic heterocycles. The molecule has 1 aromatic carbocycles. The third-order valence-corrected chi connectivity index (χ3v) is 3.27. The summed E-state index contributed by atoms with van der Waals surface area (Å²) in [4.78, 5) is 24.1. The van der Waals surface area contributed by atoms with E-state index in [1.54, 1.807) is 43.3 Å². The van der Waals surface area contributed by atoms with E-state index < -0.39 is 0 Å². The van der Waals surface area contributed by atoms with Gasteiger partial charge in [-0.1, -0.05) is 24.8 Å². The van der Waals surface area contributed by atoms with E-state index in [-0.39, 0.29) is 11.8 Å². The molecule has 0 radical (unpaired) electrons. The fourth-order valence-electron chi connectivity index (χ4n) is 1.96. The zero-order valence-electron chi connectivity index (χ0n) is 15.1. The van der Waals surface area contributed by atoms with E-state index in [4.69, 9.17) is 15.2 Å². The molecule has 0 aliphatic heterocycles. The summed E-state index contributed by atoms with van der Waals surface area (Å²) in [6.45, 7) is 7.94. The van der Waals surface area contributed by atoms with Crippen LogP contribution in [0.25, 0.3) is 0 Å². The van der Waals surface area contributed by atoms with E-state index in [0.717, 1.165) is 0 Å². The summed E-state index contributed by atoms with van der Waals surface area (Å²) in [5.74, 6) is -0.477. The Hall–Kier alpha value is -2.48. The number of benzene rings is 1. The van der Waals surface area contributed by atoms with Gasteiger partial charge in [-0.2, -0.15) is 0 Å². The van der Waals surface area contributed by atoms with Gasteiger partial charge in [0, 0.05) is 29.9 Å². The lowest BCUT2D eigenvalue weighted by molar-refractivity contribution is -0.112. The minimum absolute atomic E-state index is 0.234. The average Bonchev–Trinajstić information content (AvgIpc) is 2.64. The van der Waals surface area contributed by atoms with E-state index in [1.165, 1.54) is 0 Å². The Kier molecular flexibility index (Phi) is 10.6. The summed E-state index contributed by atoms with van der Waals surface area (Å²) < 4.78 is 10.5. The summed E-state index contributed by atoms with van der Waals surface area (Å²) in [7, 11) is 0. The normalized spacial score (nSPS) is 11.1. The SMILES string of the molecule is C=CC=C(C)C(=O)Nc1cccc(C(=O)NCCOCCOCCN)c1. The van der Waals surface area contributed by atoms with Gasteiger partial charge in [-0.15, -0.1) is 0 Å². The summed E-state index contributed by atoms with van der Waals surface area (Å²) >= 11 is 0. The highest BCUT2D eigenvalue weighted by Crippen LogP contribution is 2.12. The predicted octanol–water partition coefficient (Wildman–Crippen LogP) is 1.48. The lowest BCUT2D eigenvalue weighted by Crippen LogP contribution is -2.27. The first-order chi connectivity index (χ1) is 12.6. The monoisotopic (exact) mass is 361 g/mol. The quantitative estimate of drug-likeness (QED) is 0.297. The number of carbonyl (C=O) groups excluding carboxylic acids is 2. The summed E-state index contributed by atoms with van der Waals surface area (Å²) in [6, 6.07) is 6.73. The molecule has 0 aliphatic rings. The van der Waals surface area contributed by atoms with Crippen molar-refractivity contribution in [2.24, 2.45) is 5.73 Å². The zero-order chi connectivity index (χ0) is 19.2. The number of hydrogen-bond donors (Lipinski definition) is 3. The molecule has 0 saturated heterocycles. The van der Waals surface area contributed by atoms with Gasteiger partial charge in [-0.25, -0.2) is 0 Å². The Balaban J connectivity index is 2.39. The number of allylic oxidation sites excluding steroid dienone is 2. The highest BCUT2D eigenvalue weighted by atomic mass is 16.5. The van der Waals surface area contributed by atoms with Gasteiger partial charge in [0.2, 0.25) is 0 Å². The Morgan fingerprint density at radius 3 is 2.62 bits per heavy atom. The molecular formula is C19H27N3O4. The summed E-state index contributed by atoms with van der Waals surface area (Å²) in [6.07, 6.45) is 3.16. The maximum atomic E-state index is 12.2. The molecule has 0 heterocycles. The Labute approximate surface area is 154 Å². The lowest BCUT2D eigenvalue weighted by atomic mass is 10.1. The third kappa shape index (κ3) is 8.57. The Bertz CT molecular complexity index is 629. The first-order valence-electron chi connectivity index (χ1n) is 8.43. The largest absolute Gasteiger partial charge is 0.378 e. The van der Waals surface area contributed by atoms with E-state index in [9.17, 15) is 9.59 Å². The van der Waals surface area contributed by atoms with E-state index in [0.29, 0.717) is 56.3 Å². The number of carbonyl (C=O) groups is 2. The molecule has 0 spiro atoms. The molecule has 7 nitrogen and oxygen atoms in total. The maximum absolute atomic E-state index is 12.2.